The van der Waals surface area contributed by atoms with E-state index in [9.17, 15) is 0 Å². The molecular formula is C141H90N8O. The maximum Gasteiger partial charge on any atom is 0.164 e. The first-order chi connectivity index (χ1) is 74.1. The highest BCUT2D eigenvalue weighted by Gasteiger charge is 2.39. The molecule has 29 aromatic rings. The standard InChI is InChI=1S/C72H48N4.C69H42N4O/c1-72(2)64-35-17-16-33-57(64)60-38-39-61-58-37-36-51(44-65(58)76(68(61)67(60)72)53-28-10-5-11-29-53)49-26-18-24-47(40-49)48-25-19-27-50(41-48)52-42-62-56-32-13-12-30-54(56)55-31-14-15-34-59(55)66(62)63(43-52)71-74-69(45-20-6-3-7-21-45)73-70(75-71)46-22-8-4-9-23-46;1-4-17-47(18-5-1)67-70-68(48-19-6-2-7-20-48)72-69(71-67)60-42-49(41-59-54-25-11-10-23-52(54)53-24-12-13-27-56(53)63(59)60)45-33-31-43(32-34-45)44-35-37-46(38-36-44)51-28-16-29-58-64-61(73(65(51)58)50-21-8-3-9-22-50)40-39-57-55-26-14-15-30-62(55)74-66(57)64/h3-44H,1-2H3;1-42H. The number of aromatic nitrogens is 8. The lowest BCUT2D eigenvalue weighted by Gasteiger charge is -2.23. The summed E-state index contributed by atoms with van der Waals surface area (Å²) in [6.45, 7) is 4.77. The van der Waals surface area contributed by atoms with Crippen LogP contribution in [-0.2, 0) is 5.41 Å². The lowest BCUT2D eigenvalue weighted by Crippen LogP contribution is -2.16. The summed E-state index contributed by atoms with van der Waals surface area (Å²) in [5, 5.41) is 21.1. The second-order valence-electron chi connectivity index (χ2n) is 39.7. The average molecular weight is 1910 g/mol. The molecule has 9 heteroatoms. The first kappa shape index (κ1) is 86.9. The van der Waals surface area contributed by atoms with Gasteiger partial charge in [0.25, 0.3) is 0 Å². The van der Waals surface area contributed by atoms with E-state index >= 15 is 0 Å². The molecule has 150 heavy (non-hydrogen) atoms. The van der Waals surface area contributed by atoms with E-state index in [0.29, 0.717) is 34.9 Å². The Morgan fingerprint density at radius 1 is 0.180 bits per heavy atom. The van der Waals surface area contributed by atoms with Crippen LogP contribution >= 0.6 is 0 Å². The summed E-state index contributed by atoms with van der Waals surface area (Å²) in [6, 6.07) is 183. The summed E-state index contributed by atoms with van der Waals surface area (Å²) in [4.78, 5) is 31.4. The first-order valence-corrected chi connectivity index (χ1v) is 51.3. The van der Waals surface area contributed by atoms with Gasteiger partial charge >= 0.3 is 0 Å². The summed E-state index contributed by atoms with van der Waals surface area (Å²) in [5.74, 6) is 3.79. The van der Waals surface area contributed by atoms with Gasteiger partial charge in [0, 0.05) is 93.4 Å². The number of rotatable bonds is 14. The smallest absolute Gasteiger partial charge is 0.164 e. The third-order valence-electron chi connectivity index (χ3n) is 30.8. The third kappa shape index (κ3) is 14.4. The minimum absolute atomic E-state index is 0.167. The molecule has 0 N–H and O–H groups in total. The monoisotopic (exact) mass is 1910 g/mol. The fourth-order valence-corrected chi connectivity index (χ4v) is 23.9. The van der Waals surface area contributed by atoms with Crippen LogP contribution in [0.2, 0.25) is 0 Å². The predicted molar refractivity (Wildman–Crippen MR) is 623 cm³/mol. The Balaban J connectivity index is 0.000000141. The molecule has 30 rings (SSSR count). The van der Waals surface area contributed by atoms with E-state index in [4.69, 9.17) is 34.3 Å². The molecular weight excluding hydrogens is 1820 g/mol. The molecule has 0 fully saturated rings. The first-order valence-electron chi connectivity index (χ1n) is 51.3. The number of hydrogen-bond acceptors (Lipinski definition) is 7. The molecule has 0 saturated carbocycles. The van der Waals surface area contributed by atoms with Crippen molar-refractivity contribution in [2.24, 2.45) is 0 Å². The van der Waals surface area contributed by atoms with Crippen molar-refractivity contribution in [1.82, 2.24) is 39.0 Å². The van der Waals surface area contributed by atoms with Gasteiger partial charge in [0.2, 0.25) is 0 Å². The minimum Gasteiger partial charge on any atom is -0.455 e. The maximum absolute atomic E-state index is 6.67. The Hall–Kier alpha value is -19.7. The van der Waals surface area contributed by atoms with Crippen molar-refractivity contribution in [2.75, 3.05) is 0 Å². The summed E-state index contributed by atoms with van der Waals surface area (Å²) < 4.78 is 11.6. The van der Waals surface area contributed by atoms with E-state index in [1.54, 1.807) is 0 Å². The zero-order chi connectivity index (χ0) is 99.2. The molecule has 1 aliphatic rings. The quantitative estimate of drug-likeness (QED) is 0.1000. The molecule has 0 radical (unpaired) electrons. The molecule has 5 heterocycles. The van der Waals surface area contributed by atoms with Gasteiger partial charge in [-0.25, -0.2) is 29.9 Å². The van der Waals surface area contributed by atoms with Gasteiger partial charge in [-0.2, -0.15) is 0 Å². The average Bonchev–Trinajstić information content (AvgIpc) is 1.42. The van der Waals surface area contributed by atoms with E-state index in [1.807, 2.05) is 78.9 Å². The molecule has 0 amide bonds. The fourth-order valence-electron chi connectivity index (χ4n) is 23.9. The van der Waals surface area contributed by atoms with Gasteiger partial charge < -0.3 is 13.6 Å². The number of para-hydroxylation sites is 4. The van der Waals surface area contributed by atoms with Crippen LogP contribution in [0.4, 0.5) is 0 Å². The molecule has 24 aromatic carbocycles. The van der Waals surface area contributed by atoms with Gasteiger partial charge in [0.15, 0.2) is 34.9 Å². The highest BCUT2D eigenvalue weighted by molar-refractivity contribution is 6.31. The Morgan fingerprint density at radius 3 is 1.01 bits per heavy atom. The van der Waals surface area contributed by atoms with Crippen molar-refractivity contribution >= 4 is 130 Å². The number of hydrogen-bond donors (Lipinski definition) is 0. The van der Waals surface area contributed by atoms with E-state index in [-0.39, 0.29) is 5.41 Å². The minimum atomic E-state index is -0.167. The van der Waals surface area contributed by atoms with Crippen LogP contribution in [0.15, 0.2) is 514 Å². The van der Waals surface area contributed by atoms with E-state index < -0.39 is 0 Å². The summed E-state index contributed by atoms with van der Waals surface area (Å²) >= 11 is 0. The maximum atomic E-state index is 6.67. The SMILES string of the molecule is CC1(C)c2ccccc2-c2ccc3c4ccc(-c5cccc(-c6cccc(-c7cc(-c8nc(-c9ccccc9)nc(-c9ccccc9)n8)c8c9ccccc9c9ccccc9c8c7)c6)c5)cc4n(-c4ccccc4)c3c21.c1ccc(-c2nc(-c3ccccc3)nc(-c3cc(-c4ccc(-c5ccc(-c6cccc7c8c9oc%10ccccc%10c9ccc8n(-c8ccccc8)c67)cc5)cc4)cc4c5ccccc5c5ccccc5c34)n2)cc1. The molecule has 0 bridgehead atoms. The van der Waals surface area contributed by atoms with Gasteiger partial charge in [-0.15, -0.1) is 0 Å². The fraction of sp³-hybridized carbons (Fsp3) is 0.0213. The van der Waals surface area contributed by atoms with Crippen LogP contribution in [0.25, 0.3) is 288 Å². The molecule has 0 spiro atoms. The van der Waals surface area contributed by atoms with Gasteiger partial charge in [0.05, 0.1) is 27.5 Å². The molecule has 1 aliphatic carbocycles. The van der Waals surface area contributed by atoms with Gasteiger partial charge in [-0.3, -0.25) is 0 Å². The number of nitrogens with zero attached hydrogens (tertiary/aromatic N) is 8. The largest absolute Gasteiger partial charge is 0.455 e. The molecule has 0 atom stereocenters. The third-order valence-corrected chi connectivity index (χ3v) is 30.8. The Kier molecular flexibility index (Phi) is 20.5. The lowest BCUT2D eigenvalue weighted by atomic mass is 9.81. The highest BCUT2D eigenvalue weighted by Crippen LogP contribution is 2.55. The zero-order valence-corrected chi connectivity index (χ0v) is 82.0. The summed E-state index contributed by atoms with van der Waals surface area (Å²) in [7, 11) is 0. The van der Waals surface area contributed by atoms with Gasteiger partial charge in [0.1, 0.15) is 11.2 Å². The summed E-state index contributed by atoms with van der Waals surface area (Å²) in [5.41, 5.74) is 33.3. The number of fused-ring (bicyclic) bond motifs is 26. The molecule has 700 valence electrons. The second kappa shape index (κ2) is 35.4. The van der Waals surface area contributed by atoms with Crippen molar-refractivity contribution in [2.45, 2.75) is 19.3 Å². The van der Waals surface area contributed by atoms with Crippen LogP contribution in [0.5, 0.6) is 0 Å². The second-order valence-corrected chi connectivity index (χ2v) is 39.7. The number of benzene rings is 24. The van der Waals surface area contributed by atoms with E-state index in [1.165, 1.54) is 81.9 Å². The number of furan rings is 1. The van der Waals surface area contributed by atoms with E-state index in [0.717, 1.165) is 182 Å². The van der Waals surface area contributed by atoms with Crippen molar-refractivity contribution in [3.63, 3.8) is 0 Å². The molecule has 0 saturated heterocycles. The van der Waals surface area contributed by atoms with Crippen LogP contribution < -0.4 is 0 Å². The molecule has 0 unspecified atom stereocenters. The van der Waals surface area contributed by atoms with Gasteiger partial charge in [-0.1, -0.05) is 438 Å². The predicted octanol–water partition coefficient (Wildman–Crippen LogP) is 37.1. The van der Waals surface area contributed by atoms with Crippen molar-refractivity contribution in [3.05, 3.63) is 521 Å². The molecule has 5 aromatic heterocycles. The molecule has 0 aliphatic heterocycles. The zero-order valence-electron chi connectivity index (χ0n) is 82.0. The van der Waals surface area contributed by atoms with Crippen LogP contribution in [0.3, 0.4) is 0 Å². The van der Waals surface area contributed by atoms with Gasteiger partial charge in [-0.05, 0) is 222 Å². The van der Waals surface area contributed by atoms with Crippen LogP contribution in [0.1, 0.15) is 25.0 Å². The highest BCUT2D eigenvalue weighted by atomic mass is 16.3. The van der Waals surface area contributed by atoms with Crippen LogP contribution in [-0.4, -0.2) is 39.0 Å². The van der Waals surface area contributed by atoms with Crippen molar-refractivity contribution < 1.29 is 4.42 Å². The van der Waals surface area contributed by atoms with E-state index in [2.05, 4.69) is 454 Å². The topological polar surface area (TPSA) is 100 Å². The van der Waals surface area contributed by atoms with Crippen molar-refractivity contribution in [3.8, 4) is 158 Å². The normalized spacial score (nSPS) is 12.3. The van der Waals surface area contributed by atoms with Crippen LogP contribution in [0, 0.1) is 0 Å². The Labute approximate surface area is 865 Å². The lowest BCUT2D eigenvalue weighted by molar-refractivity contribution is 0.664. The summed E-state index contributed by atoms with van der Waals surface area (Å²) in [6.07, 6.45) is 0. The molecule has 9 nitrogen and oxygen atoms in total. The van der Waals surface area contributed by atoms with Crippen molar-refractivity contribution in [1.29, 1.82) is 0 Å². The Bertz CT molecular complexity index is 10400. The Morgan fingerprint density at radius 2 is 0.520 bits per heavy atom.